The minimum atomic E-state index is 0.790. The van der Waals surface area contributed by atoms with Crippen LogP contribution in [0.3, 0.4) is 0 Å². The highest BCUT2D eigenvalue weighted by molar-refractivity contribution is 5.97. The number of fused-ring (bicyclic) bond motifs is 12. The normalized spacial score (nSPS) is 12.0. The average Bonchev–Trinajstić information content (AvgIpc) is 3.82. The molecular weight excluding hydrogens is 516 g/mol. The number of aromatic nitrogens is 4. The summed E-state index contributed by atoms with van der Waals surface area (Å²) in [7, 11) is 0. The molecule has 7 aromatic rings. The van der Waals surface area contributed by atoms with Crippen molar-refractivity contribution in [1.29, 1.82) is 0 Å². The third-order valence-electron chi connectivity index (χ3n) is 7.93. The molecule has 0 saturated carbocycles. The Morgan fingerprint density at radius 1 is 0.500 bits per heavy atom. The van der Waals surface area contributed by atoms with E-state index in [0.29, 0.717) is 0 Å². The third kappa shape index (κ3) is 4.23. The lowest BCUT2D eigenvalue weighted by Crippen LogP contribution is -1.81. The molecule has 6 heterocycles. The van der Waals surface area contributed by atoms with Crippen molar-refractivity contribution in [3.63, 3.8) is 0 Å². The summed E-state index contributed by atoms with van der Waals surface area (Å²) in [6.07, 6.45) is 4.10. The first-order valence-corrected chi connectivity index (χ1v) is 14.1. The minimum Gasteiger partial charge on any atom is -0.456 e. The molecule has 0 fully saturated rings. The molecule has 10 bridgehead atoms. The van der Waals surface area contributed by atoms with Gasteiger partial charge >= 0.3 is 0 Å². The van der Waals surface area contributed by atoms with E-state index < -0.39 is 0 Å². The van der Waals surface area contributed by atoms with Gasteiger partial charge in [0.25, 0.3) is 0 Å². The molecule has 1 aliphatic heterocycles. The molecule has 5 heteroatoms. The summed E-state index contributed by atoms with van der Waals surface area (Å²) in [6.45, 7) is 4.21. The van der Waals surface area contributed by atoms with Crippen LogP contribution in [-0.4, -0.2) is 19.9 Å². The molecule has 0 unspecified atom stereocenters. The average molecular weight is 545 g/mol. The predicted molar refractivity (Wildman–Crippen MR) is 174 cm³/mol. The van der Waals surface area contributed by atoms with Gasteiger partial charge in [-0.2, -0.15) is 0 Å². The summed E-state index contributed by atoms with van der Waals surface area (Å²) in [5, 5.41) is 0. The zero-order valence-corrected chi connectivity index (χ0v) is 23.3. The molecule has 0 atom stereocenters. The van der Waals surface area contributed by atoms with Gasteiger partial charge in [0.05, 0.1) is 39.0 Å². The second-order valence-corrected chi connectivity index (χ2v) is 10.9. The van der Waals surface area contributed by atoms with Gasteiger partial charge in [0, 0.05) is 16.6 Å². The van der Waals surface area contributed by atoms with Gasteiger partial charge in [0.2, 0.25) is 0 Å². The zero-order valence-electron chi connectivity index (χ0n) is 23.3. The van der Waals surface area contributed by atoms with E-state index >= 15 is 0 Å². The Bertz CT molecular complexity index is 2310. The molecule has 0 spiro atoms. The molecule has 0 aliphatic carbocycles. The summed E-state index contributed by atoms with van der Waals surface area (Å²) >= 11 is 0. The van der Waals surface area contributed by atoms with E-state index in [-0.39, 0.29) is 0 Å². The summed E-state index contributed by atoms with van der Waals surface area (Å²) in [6, 6.07) is 36.0. The Hall–Kier alpha value is -5.55. The quantitative estimate of drug-likeness (QED) is 0.203. The lowest BCUT2D eigenvalue weighted by Gasteiger charge is -2.04. The van der Waals surface area contributed by atoms with Gasteiger partial charge in [-0.1, -0.05) is 59.7 Å². The summed E-state index contributed by atoms with van der Waals surface area (Å²) in [5.74, 6) is 0. The van der Waals surface area contributed by atoms with Crippen molar-refractivity contribution in [2.45, 2.75) is 13.8 Å². The number of H-pyrrole nitrogens is 3. The smallest absolute Gasteiger partial charge is 0.137 e. The van der Waals surface area contributed by atoms with Gasteiger partial charge in [0.1, 0.15) is 11.2 Å². The van der Waals surface area contributed by atoms with Crippen molar-refractivity contribution < 1.29 is 4.42 Å². The van der Waals surface area contributed by atoms with Crippen LogP contribution in [-0.2, 0) is 0 Å². The van der Waals surface area contributed by atoms with Crippen LogP contribution in [0.25, 0.3) is 78.7 Å². The van der Waals surface area contributed by atoms with Crippen molar-refractivity contribution in [3.05, 3.63) is 126 Å². The van der Waals surface area contributed by atoms with Gasteiger partial charge in [-0.25, -0.2) is 4.98 Å². The maximum absolute atomic E-state index is 6.77. The van der Waals surface area contributed by atoms with Crippen LogP contribution in [0.1, 0.15) is 22.5 Å². The molecule has 0 saturated heterocycles. The largest absolute Gasteiger partial charge is 0.456 e. The van der Waals surface area contributed by atoms with E-state index in [1.54, 1.807) is 0 Å². The van der Waals surface area contributed by atoms with E-state index in [0.717, 1.165) is 77.9 Å². The van der Waals surface area contributed by atoms with E-state index in [4.69, 9.17) is 9.40 Å². The number of rotatable bonds is 2. The number of aryl methyl sites for hydroxylation is 2. The van der Waals surface area contributed by atoms with Gasteiger partial charge in [-0.05, 0) is 91.7 Å². The molecule has 202 valence electrons. The fourth-order valence-electron chi connectivity index (χ4n) is 5.72. The minimum absolute atomic E-state index is 0.790. The van der Waals surface area contributed by atoms with Crippen LogP contribution in [0.5, 0.6) is 0 Å². The number of nitrogens with zero attached hydrogens (tertiary/aromatic N) is 1. The Balaban J connectivity index is 1.53. The number of hydrogen-bond acceptors (Lipinski definition) is 2. The highest BCUT2D eigenvalue weighted by Gasteiger charge is 2.13. The number of benzene rings is 2. The van der Waals surface area contributed by atoms with Crippen molar-refractivity contribution in [1.82, 2.24) is 19.9 Å². The second-order valence-electron chi connectivity index (χ2n) is 10.9. The van der Waals surface area contributed by atoms with Crippen LogP contribution in [0.15, 0.2) is 108 Å². The highest BCUT2D eigenvalue weighted by atomic mass is 16.3. The maximum atomic E-state index is 6.77. The highest BCUT2D eigenvalue weighted by Crippen LogP contribution is 2.35. The molecule has 3 N–H and O–H groups in total. The van der Waals surface area contributed by atoms with Crippen molar-refractivity contribution >= 4 is 56.4 Å². The number of furan rings is 1. The molecular formula is C37H28N4O. The standard InChI is InChI=1S/C37H28N4O/c1-22-3-7-24(8-4-22)36-32-17-15-30(40-32)28-13-11-26(38-28)21-27-12-14-29(39-27)31-16-18-33(41-31)37(35-20-19-34(36)42-35)25-9-5-23(2)6-10-25/h3-21,38,40-41H,1-2H3. The van der Waals surface area contributed by atoms with Crippen LogP contribution in [0.4, 0.5) is 0 Å². The van der Waals surface area contributed by atoms with Crippen LogP contribution in [0, 0.1) is 13.8 Å². The molecule has 5 aromatic heterocycles. The first kappa shape index (κ1) is 24.3. The van der Waals surface area contributed by atoms with Crippen molar-refractivity contribution in [3.8, 4) is 22.3 Å². The van der Waals surface area contributed by atoms with Gasteiger partial charge in [0.15, 0.2) is 0 Å². The summed E-state index contributed by atoms with van der Waals surface area (Å²) in [5.41, 5.74) is 15.9. The fraction of sp³-hybridized carbons (Fsp3) is 0.0541. The summed E-state index contributed by atoms with van der Waals surface area (Å²) in [4.78, 5) is 15.7. The zero-order chi connectivity index (χ0) is 28.2. The van der Waals surface area contributed by atoms with Gasteiger partial charge < -0.3 is 19.4 Å². The monoisotopic (exact) mass is 544 g/mol. The molecule has 0 radical (unpaired) electrons. The van der Waals surface area contributed by atoms with E-state index in [1.165, 1.54) is 11.1 Å². The molecule has 5 nitrogen and oxygen atoms in total. The molecule has 1 aliphatic rings. The lowest BCUT2D eigenvalue weighted by atomic mass is 10.0. The number of hydrogen-bond donors (Lipinski definition) is 3. The maximum Gasteiger partial charge on any atom is 0.137 e. The van der Waals surface area contributed by atoms with Crippen LogP contribution < -0.4 is 0 Å². The van der Waals surface area contributed by atoms with Crippen molar-refractivity contribution in [2.75, 3.05) is 0 Å². The van der Waals surface area contributed by atoms with Crippen molar-refractivity contribution in [2.24, 2.45) is 0 Å². The predicted octanol–water partition coefficient (Wildman–Crippen LogP) is 9.96. The molecule has 0 amide bonds. The Morgan fingerprint density at radius 2 is 1.02 bits per heavy atom. The topological polar surface area (TPSA) is 73.4 Å². The number of nitrogens with one attached hydrogen (secondary N) is 3. The second kappa shape index (κ2) is 9.53. The first-order chi connectivity index (χ1) is 20.6. The van der Waals surface area contributed by atoms with Crippen LogP contribution >= 0.6 is 0 Å². The van der Waals surface area contributed by atoms with E-state index in [9.17, 15) is 0 Å². The fourth-order valence-corrected chi connectivity index (χ4v) is 5.72. The molecule has 8 rings (SSSR count). The Morgan fingerprint density at radius 3 is 1.67 bits per heavy atom. The number of aromatic amines is 3. The van der Waals surface area contributed by atoms with Crippen LogP contribution in [0.2, 0.25) is 0 Å². The summed E-state index contributed by atoms with van der Waals surface area (Å²) < 4.78 is 6.77. The van der Waals surface area contributed by atoms with E-state index in [2.05, 4.69) is 138 Å². The SMILES string of the molecule is Cc1ccc(-c2c3ccc([nH]3)c3nc(cc4ccc([nH]4)c4ccc([nH]4)c(-c4ccc(C)cc4)c4ccc2o4)C=C3)cc1. The first-order valence-electron chi connectivity index (χ1n) is 14.1. The van der Waals surface area contributed by atoms with Gasteiger partial charge in [-0.15, -0.1) is 0 Å². The lowest BCUT2D eigenvalue weighted by molar-refractivity contribution is 0.668. The Labute approximate surface area is 242 Å². The molecule has 2 aromatic carbocycles. The van der Waals surface area contributed by atoms with Gasteiger partial charge in [-0.3, -0.25) is 0 Å². The molecule has 42 heavy (non-hydrogen) atoms. The van der Waals surface area contributed by atoms with E-state index in [1.807, 2.05) is 6.08 Å². The Kier molecular flexibility index (Phi) is 5.50. The third-order valence-corrected chi connectivity index (χ3v) is 7.93.